The maximum Gasteiger partial charge on any atom is 0.135 e. The van der Waals surface area contributed by atoms with Crippen LogP contribution in [0.5, 0.6) is 0 Å². The van der Waals surface area contributed by atoms with Crippen molar-refractivity contribution in [3.05, 3.63) is 52.0 Å². The van der Waals surface area contributed by atoms with Gasteiger partial charge in [-0.1, -0.05) is 29.3 Å². The fraction of sp³-hybridized carbons (Fsp3) is 0.0909. The van der Waals surface area contributed by atoms with Crippen LogP contribution in [0.2, 0.25) is 10.0 Å². The third kappa shape index (κ3) is 2.10. The van der Waals surface area contributed by atoms with Crippen LogP contribution < -0.4 is 0 Å². The second-order valence-electron chi connectivity index (χ2n) is 3.26. The average Bonchev–Trinajstić information content (AvgIpc) is 2.78. The van der Waals surface area contributed by atoms with E-state index >= 15 is 0 Å². The predicted molar refractivity (Wildman–Crippen MR) is 63.0 cm³/mol. The Bertz CT molecular complexity index is 497. The van der Waals surface area contributed by atoms with Gasteiger partial charge in [-0.25, -0.2) is 4.98 Å². The molecule has 0 fully saturated rings. The monoisotopic (exact) mass is 254 g/mol. The summed E-state index contributed by atoms with van der Waals surface area (Å²) in [5.74, 6) is 0.151. The number of carbonyl (C=O) groups excluding carboxylic acids is 1. The van der Waals surface area contributed by atoms with Gasteiger partial charge < -0.3 is 9.78 Å². The van der Waals surface area contributed by atoms with E-state index in [4.69, 9.17) is 23.2 Å². The zero-order valence-corrected chi connectivity index (χ0v) is 9.66. The molecule has 0 spiro atoms. The molecule has 1 aromatic carbocycles. The molecular formula is C11H8Cl2N2O. The van der Waals surface area contributed by atoms with E-state index in [1.165, 1.54) is 0 Å². The smallest absolute Gasteiger partial charge is 0.135 e. The van der Waals surface area contributed by atoms with E-state index in [1.807, 2.05) is 0 Å². The molecule has 0 bridgehead atoms. The van der Waals surface area contributed by atoms with Crippen molar-refractivity contribution in [2.24, 2.45) is 0 Å². The third-order valence-electron chi connectivity index (χ3n) is 2.25. The van der Waals surface area contributed by atoms with Crippen molar-refractivity contribution in [2.45, 2.75) is 5.92 Å². The number of halogens is 2. The highest BCUT2D eigenvalue weighted by Gasteiger charge is 2.16. The third-order valence-corrected chi connectivity index (χ3v) is 2.99. The highest BCUT2D eigenvalue weighted by Crippen LogP contribution is 2.27. The number of aromatic nitrogens is 2. The molecule has 0 aliphatic rings. The zero-order valence-electron chi connectivity index (χ0n) is 8.15. The SMILES string of the molecule is O=CC(c1ccc(Cl)c(Cl)c1)c1ncc[nH]1. The summed E-state index contributed by atoms with van der Waals surface area (Å²) in [6, 6.07) is 5.10. The fourth-order valence-corrected chi connectivity index (χ4v) is 1.76. The molecule has 0 aliphatic heterocycles. The second kappa shape index (κ2) is 4.68. The molecule has 1 aromatic heterocycles. The average molecular weight is 255 g/mol. The molecule has 82 valence electrons. The minimum Gasteiger partial charge on any atom is -0.348 e. The molecule has 0 amide bonds. The largest absolute Gasteiger partial charge is 0.348 e. The molecule has 16 heavy (non-hydrogen) atoms. The number of carbonyl (C=O) groups is 1. The van der Waals surface area contributed by atoms with Crippen LogP contribution in [0.1, 0.15) is 17.3 Å². The molecule has 0 aliphatic carbocycles. The van der Waals surface area contributed by atoms with Crippen molar-refractivity contribution in [1.29, 1.82) is 0 Å². The van der Waals surface area contributed by atoms with E-state index in [1.54, 1.807) is 30.6 Å². The lowest BCUT2D eigenvalue weighted by Gasteiger charge is -2.08. The molecule has 1 atom stereocenters. The summed E-state index contributed by atoms with van der Waals surface area (Å²) in [5.41, 5.74) is 0.763. The summed E-state index contributed by atoms with van der Waals surface area (Å²) in [5, 5.41) is 0.895. The minimum atomic E-state index is -0.440. The van der Waals surface area contributed by atoms with Gasteiger partial charge >= 0.3 is 0 Å². The number of aromatic amines is 1. The Morgan fingerprint density at radius 3 is 2.69 bits per heavy atom. The zero-order chi connectivity index (χ0) is 11.5. The fourth-order valence-electron chi connectivity index (χ4n) is 1.45. The molecule has 1 heterocycles. The topological polar surface area (TPSA) is 45.8 Å². The normalized spacial score (nSPS) is 12.4. The Kier molecular flexibility index (Phi) is 3.27. The molecule has 1 N–H and O–H groups in total. The summed E-state index contributed by atoms with van der Waals surface area (Å²) in [6.07, 6.45) is 4.09. The van der Waals surface area contributed by atoms with Crippen molar-refractivity contribution < 1.29 is 4.79 Å². The maximum absolute atomic E-state index is 11.1. The van der Waals surface area contributed by atoms with Crippen LogP contribution in [-0.2, 0) is 4.79 Å². The van der Waals surface area contributed by atoms with Crippen LogP contribution in [0.3, 0.4) is 0 Å². The standard InChI is InChI=1S/C11H8Cl2N2O/c12-9-2-1-7(5-10(9)13)8(6-16)11-14-3-4-15-11/h1-6,8H,(H,14,15). The lowest BCUT2D eigenvalue weighted by atomic mass is 10.0. The Morgan fingerprint density at radius 2 is 2.12 bits per heavy atom. The van der Waals surface area contributed by atoms with Crippen LogP contribution in [-0.4, -0.2) is 16.3 Å². The lowest BCUT2D eigenvalue weighted by molar-refractivity contribution is -0.108. The predicted octanol–water partition coefficient (Wildman–Crippen LogP) is 3.05. The summed E-state index contributed by atoms with van der Waals surface area (Å²) >= 11 is 11.7. The van der Waals surface area contributed by atoms with Crippen molar-refractivity contribution in [2.75, 3.05) is 0 Å². The highest BCUT2D eigenvalue weighted by atomic mass is 35.5. The van der Waals surface area contributed by atoms with Gasteiger partial charge in [0, 0.05) is 12.4 Å². The van der Waals surface area contributed by atoms with Crippen LogP contribution in [0.15, 0.2) is 30.6 Å². The molecule has 2 aromatic rings. The molecule has 0 radical (unpaired) electrons. The van der Waals surface area contributed by atoms with E-state index in [9.17, 15) is 4.79 Å². The summed E-state index contributed by atoms with van der Waals surface area (Å²) in [6.45, 7) is 0. The maximum atomic E-state index is 11.1. The van der Waals surface area contributed by atoms with E-state index < -0.39 is 5.92 Å². The highest BCUT2D eigenvalue weighted by molar-refractivity contribution is 6.42. The van der Waals surface area contributed by atoms with E-state index in [2.05, 4.69) is 9.97 Å². The molecule has 2 rings (SSSR count). The molecular weight excluding hydrogens is 247 g/mol. The number of hydrogen-bond acceptors (Lipinski definition) is 2. The van der Waals surface area contributed by atoms with Crippen molar-refractivity contribution in [1.82, 2.24) is 9.97 Å². The minimum absolute atomic E-state index is 0.428. The van der Waals surface area contributed by atoms with Gasteiger partial charge in [0.15, 0.2) is 0 Å². The number of imidazole rings is 1. The Hall–Kier alpha value is -1.32. The summed E-state index contributed by atoms with van der Waals surface area (Å²) in [4.78, 5) is 18.0. The number of nitrogens with zero attached hydrogens (tertiary/aromatic N) is 1. The number of H-pyrrole nitrogens is 1. The number of benzene rings is 1. The van der Waals surface area contributed by atoms with Crippen molar-refractivity contribution >= 4 is 29.5 Å². The first-order valence-corrected chi connectivity index (χ1v) is 5.37. The van der Waals surface area contributed by atoms with Crippen molar-refractivity contribution in [3.8, 4) is 0 Å². The van der Waals surface area contributed by atoms with Crippen LogP contribution in [0, 0.1) is 0 Å². The molecule has 0 saturated carbocycles. The number of rotatable bonds is 3. The lowest BCUT2D eigenvalue weighted by Crippen LogP contribution is -2.04. The van der Waals surface area contributed by atoms with Crippen LogP contribution in [0.4, 0.5) is 0 Å². The first-order chi connectivity index (χ1) is 7.72. The molecule has 5 heteroatoms. The van der Waals surface area contributed by atoms with Gasteiger partial charge in [-0.05, 0) is 17.7 Å². The quantitative estimate of drug-likeness (QED) is 0.856. The first kappa shape index (κ1) is 11.2. The van der Waals surface area contributed by atoms with Crippen LogP contribution >= 0.6 is 23.2 Å². The van der Waals surface area contributed by atoms with Gasteiger partial charge in [0.2, 0.25) is 0 Å². The molecule has 0 saturated heterocycles. The molecule has 1 unspecified atom stereocenters. The number of hydrogen-bond donors (Lipinski definition) is 1. The van der Waals surface area contributed by atoms with Crippen LogP contribution in [0.25, 0.3) is 0 Å². The van der Waals surface area contributed by atoms with Gasteiger partial charge in [0.25, 0.3) is 0 Å². The van der Waals surface area contributed by atoms with Gasteiger partial charge in [-0.3, -0.25) is 0 Å². The number of aldehydes is 1. The Morgan fingerprint density at radius 1 is 1.31 bits per heavy atom. The van der Waals surface area contributed by atoms with Gasteiger partial charge in [0.05, 0.1) is 16.0 Å². The second-order valence-corrected chi connectivity index (χ2v) is 4.08. The van der Waals surface area contributed by atoms with E-state index in [-0.39, 0.29) is 0 Å². The molecule has 3 nitrogen and oxygen atoms in total. The Labute approximate surface area is 102 Å². The number of nitrogens with one attached hydrogen (secondary N) is 1. The summed E-state index contributed by atoms with van der Waals surface area (Å²) < 4.78 is 0. The van der Waals surface area contributed by atoms with Crippen molar-refractivity contribution in [3.63, 3.8) is 0 Å². The van der Waals surface area contributed by atoms with Gasteiger partial charge in [-0.2, -0.15) is 0 Å². The first-order valence-electron chi connectivity index (χ1n) is 4.62. The van der Waals surface area contributed by atoms with Gasteiger partial charge in [0.1, 0.15) is 12.1 Å². The Balaban J connectivity index is 2.41. The summed E-state index contributed by atoms with van der Waals surface area (Å²) in [7, 11) is 0. The van der Waals surface area contributed by atoms with E-state index in [0.717, 1.165) is 11.8 Å². The van der Waals surface area contributed by atoms with Gasteiger partial charge in [-0.15, -0.1) is 0 Å². The van der Waals surface area contributed by atoms with E-state index in [0.29, 0.717) is 15.9 Å².